The Morgan fingerprint density at radius 2 is 2.64 bits per heavy atom. The van der Waals surface area contributed by atoms with Gasteiger partial charge in [-0.25, -0.2) is 0 Å². The zero-order valence-electron chi connectivity index (χ0n) is 6.24. The third-order valence-electron chi connectivity index (χ3n) is 1.63. The molecule has 0 saturated heterocycles. The van der Waals surface area contributed by atoms with Crippen molar-refractivity contribution in [3.63, 3.8) is 0 Å². The maximum Gasteiger partial charge on any atom is 0.311 e. The molecule has 0 aromatic carbocycles. The van der Waals surface area contributed by atoms with Crippen molar-refractivity contribution in [3.05, 3.63) is 18.0 Å². The Hall–Kier alpha value is -1.32. The monoisotopic (exact) mass is 154 g/mol. The fourth-order valence-corrected chi connectivity index (χ4v) is 1.00. The first-order valence-electron chi connectivity index (χ1n) is 3.47. The van der Waals surface area contributed by atoms with Gasteiger partial charge in [0.1, 0.15) is 0 Å². The van der Waals surface area contributed by atoms with Crippen molar-refractivity contribution in [3.8, 4) is 0 Å². The molecule has 0 radical (unpaired) electrons. The summed E-state index contributed by atoms with van der Waals surface area (Å²) in [6.45, 7) is 1.84. The van der Waals surface area contributed by atoms with Crippen molar-refractivity contribution in [1.82, 2.24) is 10.2 Å². The van der Waals surface area contributed by atoms with Crippen LogP contribution in [0.15, 0.2) is 12.4 Å². The van der Waals surface area contributed by atoms with Crippen LogP contribution in [0.2, 0.25) is 0 Å². The van der Waals surface area contributed by atoms with Crippen LogP contribution in [-0.2, 0) is 4.79 Å². The number of rotatable bonds is 3. The zero-order chi connectivity index (χ0) is 8.27. The number of H-pyrrole nitrogens is 1. The summed E-state index contributed by atoms with van der Waals surface area (Å²) in [6, 6.07) is 0. The minimum Gasteiger partial charge on any atom is -0.481 e. The molecule has 2 N–H and O–H groups in total. The lowest BCUT2D eigenvalue weighted by atomic mass is 10.0. The lowest BCUT2D eigenvalue weighted by Crippen LogP contribution is -2.09. The summed E-state index contributed by atoms with van der Waals surface area (Å²) in [5.74, 6) is -1.22. The highest BCUT2D eigenvalue weighted by atomic mass is 16.4. The van der Waals surface area contributed by atoms with Crippen LogP contribution in [0.25, 0.3) is 0 Å². The van der Waals surface area contributed by atoms with E-state index in [0.717, 1.165) is 5.56 Å². The van der Waals surface area contributed by atoms with Gasteiger partial charge in [0, 0.05) is 11.8 Å². The van der Waals surface area contributed by atoms with Gasteiger partial charge in [-0.1, -0.05) is 6.92 Å². The molecule has 0 aliphatic rings. The van der Waals surface area contributed by atoms with Gasteiger partial charge in [-0.2, -0.15) is 5.10 Å². The molecule has 0 aliphatic carbocycles. The van der Waals surface area contributed by atoms with Gasteiger partial charge in [-0.15, -0.1) is 0 Å². The molecule has 0 saturated carbocycles. The van der Waals surface area contributed by atoms with E-state index in [1.54, 1.807) is 12.4 Å². The number of carboxylic acids is 1. The third kappa shape index (κ3) is 1.58. The highest BCUT2D eigenvalue weighted by Crippen LogP contribution is 2.17. The topological polar surface area (TPSA) is 66.0 Å². The second kappa shape index (κ2) is 3.18. The van der Waals surface area contributed by atoms with Gasteiger partial charge in [-0.3, -0.25) is 9.89 Å². The van der Waals surface area contributed by atoms with Crippen LogP contribution in [0.3, 0.4) is 0 Å². The Kier molecular flexibility index (Phi) is 2.25. The fraction of sp³-hybridized carbons (Fsp3) is 0.429. The number of aliphatic carboxylic acids is 1. The third-order valence-corrected chi connectivity index (χ3v) is 1.63. The number of carbonyl (C=O) groups is 1. The molecule has 1 rings (SSSR count). The van der Waals surface area contributed by atoms with Gasteiger partial charge in [0.15, 0.2) is 0 Å². The van der Waals surface area contributed by atoms with Gasteiger partial charge in [0.25, 0.3) is 0 Å². The average Bonchev–Trinajstić information content (AvgIpc) is 2.40. The Labute approximate surface area is 64.2 Å². The average molecular weight is 154 g/mol. The molecule has 1 heterocycles. The standard InChI is InChI=1S/C7H10N2O2/c1-2-6(7(10)11)5-3-8-9-4-5/h3-4,6H,2H2,1H3,(H,8,9)(H,10,11). The highest BCUT2D eigenvalue weighted by molar-refractivity contribution is 5.75. The van der Waals surface area contributed by atoms with Crippen molar-refractivity contribution in [2.45, 2.75) is 19.3 Å². The lowest BCUT2D eigenvalue weighted by molar-refractivity contribution is -0.138. The summed E-state index contributed by atoms with van der Waals surface area (Å²) < 4.78 is 0. The number of aromatic nitrogens is 2. The molecule has 4 nitrogen and oxygen atoms in total. The summed E-state index contributed by atoms with van der Waals surface area (Å²) in [5, 5.41) is 15.0. The normalized spacial score (nSPS) is 12.8. The fourth-order valence-electron chi connectivity index (χ4n) is 1.00. The SMILES string of the molecule is CCC(C(=O)O)c1cn[nH]c1. The summed E-state index contributed by atoms with van der Waals surface area (Å²) in [6.07, 6.45) is 3.75. The van der Waals surface area contributed by atoms with Crippen LogP contribution in [-0.4, -0.2) is 21.3 Å². The number of hydrogen-bond donors (Lipinski definition) is 2. The molecule has 1 atom stereocenters. The number of hydrogen-bond acceptors (Lipinski definition) is 2. The first-order valence-corrected chi connectivity index (χ1v) is 3.47. The van der Waals surface area contributed by atoms with E-state index in [1.165, 1.54) is 0 Å². The van der Waals surface area contributed by atoms with Crippen LogP contribution in [0.4, 0.5) is 0 Å². The Morgan fingerprint density at radius 1 is 1.91 bits per heavy atom. The molecule has 11 heavy (non-hydrogen) atoms. The Bertz CT molecular complexity index is 231. The summed E-state index contributed by atoms with van der Waals surface area (Å²) in [5.41, 5.74) is 0.736. The summed E-state index contributed by atoms with van der Waals surface area (Å²) >= 11 is 0. The van der Waals surface area contributed by atoms with Gasteiger partial charge in [-0.05, 0) is 6.42 Å². The van der Waals surface area contributed by atoms with Crippen molar-refractivity contribution in [2.75, 3.05) is 0 Å². The second-order valence-corrected chi connectivity index (χ2v) is 2.33. The van der Waals surface area contributed by atoms with E-state index in [4.69, 9.17) is 5.11 Å². The van der Waals surface area contributed by atoms with Crippen LogP contribution < -0.4 is 0 Å². The molecule has 0 fully saturated rings. The molecule has 4 heteroatoms. The number of nitrogens with zero attached hydrogens (tertiary/aromatic N) is 1. The lowest BCUT2D eigenvalue weighted by Gasteiger charge is -2.04. The van der Waals surface area contributed by atoms with E-state index in [9.17, 15) is 4.79 Å². The Morgan fingerprint density at radius 3 is 3.00 bits per heavy atom. The van der Waals surface area contributed by atoms with Crippen molar-refractivity contribution < 1.29 is 9.90 Å². The molecule has 60 valence electrons. The molecule has 0 aliphatic heterocycles. The quantitative estimate of drug-likeness (QED) is 0.682. The minimum atomic E-state index is -0.797. The first-order chi connectivity index (χ1) is 5.25. The van der Waals surface area contributed by atoms with E-state index >= 15 is 0 Å². The second-order valence-electron chi connectivity index (χ2n) is 2.33. The molecule has 0 amide bonds. The van der Waals surface area contributed by atoms with E-state index in [2.05, 4.69) is 10.2 Å². The van der Waals surface area contributed by atoms with Crippen LogP contribution in [0.1, 0.15) is 24.8 Å². The predicted octanol–water partition coefficient (Wildman–Crippen LogP) is 0.988. The van der Waals surface area contributed by atoms with Crippen LogP contribution in [0.5, 0.6) is 0 Å². The molecule has 0 bridgehead atoms. The number of carboxylic acid groups (broad SMARTS) is 1. The molecular weight excluding hydrogens is 144 g/mol. The van der Waals surface area contributed by atoms with Crippen molar-refractivity contribution >= 4 is 5.97 Å². The molecule has 1 aromatic heterocycles. The minimum absolute atomic E-state index is 0.422. The highest BCUT2D eigenvalue weighted by Gasteiger charge is 2.17. The van der Waals surface area contributed by atoms with E-state index in [0.29, 0.717) is 6.42 Å². The van der Waals surface area contributed by atoms with Gasteiger partial charge >= 0.3 is 5.97 Å². The predicted molar refractivity (Wildman–Crippen MR) is 39.3 cm³/mol. The van der Waals surface area contributed by atoms with Crippen LogP contribution >= 0.6 is 0 Å². The summed E-state index contributed by atoms with van der Waals surface area (Å²) in [4.78, 5) is 10.6. The molecule has 1 unspecified atom stereocenters. The zero-order valence-corrected chi connectivity index (χ0v) is 6.24. The molecule has 0 spiro atoms. The van der Waals surface area contributed by atoms with Crippen molar-refractivity contribution in [1.29, 1.82) is 0 Å². The van der Waals surface area contributed by atoms with Crippen molar-refractivity contribution in [2.24, 2.45) is 0 Å². The number of aromatic amines is 1. The molecular formula is C7H10N2O2. The van der Waals surface area contributed by atoms with Gasteiger partial charge in [0.05, 0.1) is 12.1 Å². The van der Waals surface area contributed by atoms with E-state index in [1.807, 2.05) is 6.92 Å². The largest absolute Gasteiger partial charge is 0.481 e. The van der Waals surface area contributed by atoms with Gasteiger partial charge in [0.2, 0.25) is 0 Å². The first kappa shape index (κ1) is 7.78. The van der Waals surface area contributed by atoms with E-state index < -0.39 is 11.9 Å². The maximum absolute atomic E-state index is 10.6. The summed E-state index contributed by atoms with van der Waals surface area (Å²) in [7, 11) is 0. The van der Waals surface area contributed by atoms with Gasteiger partial charge < -0.3 is 5.11 Å². The number of nitrogens with one attached hydrogen (secondary N) is 1. The van der Waals surface area contributed by atoms with E-state index in [-0.39, 0.29) is 0 Å². The molecule has 1 aromatic rings. The van der Waals surface area contributed by atoms with Crippen LogP contribution in [0, 0.1) is 0 Å². The smallest absolute Gasteiger partial charge is 0.311 e. The maximum atomic E-state index is 10.6. The Balaban J connectivity index is 2.79.